The zero-order valence-electron chi connectivity index (χ0n) is 16.6. The van der Waals surface area contributed by atoms with E-state index < -0.39 is 5.97 Å². The Morgan fingerprint density at radius 1 is 0.933 bits per heavy atom. The maximum atomic E-state index is 12.7. The van der Waals surface area contributed by atoms with Crippen LogP contribution in [0.1, 0.15) is 26.1 Å². The number of rotatable bonds is 7. The summed E-state index contributed by atoms with van der Waals surface area (Å²) in [5.74, 6) is 3.44. The number of thioether (sulfide) groups is 2. The molecule has 0 atom stereocenters. The van der Waals surface area contributed by atoms with Crippen molar-refractivity contribution in [2.24, 2.45) is 0 Å². The van der Waals surface area contributed by atoms with Crippen molar-refractivity contribution in [3.63, 3.8) is 0 Å². The first kappa shape index (κ1) is 20.7. The first-order chi connectivity index (χ1) is 14.7. The highest BCUT2D eigenvalue weighted by Crippen LogP contribution is 2.47. The summed E-state index contributed by atoms with van der Waals surface area (Å²) in [5.41, 5.74) is 2.66. The van der Waals surface area contributed by atoms with Gasteiger partial charge < -0.3 is 14.2 Å². The van der Waals surface area contributed by atoms with Crippen molar-refractivity contribution in [2.45, 2.75) is 11.2 Å². The van der Waals surface area contributed by atoms with E-state index in [0.717, 1.165) is 17.1 Å². The first-order valence-electron chi connectivity index (χ1n) is 9.63. The smallest absolute Gasteiger partial charge is 0.343 e. The number of esters is 1. The van der Waals surface area contributed by atoms with Crippen molar-refractivity contribution in [3.8, 4) is 17.2 Å². The lowest BCUT2D eigenvalue weighted by molar-refractivity contribution is 0.0729. The second-order valence-electron chi connectivity index (χ2n) is 6.68. The van der Waals surface area contributed by atoms with Crippen LogP contribution < -0.4 is 14.2 Å². The summed E-state index contributed by atoms with van der Waals surface area (Å²) in [6.07, 6.45) is 0. The summed E-state index contributed by atoms with van der Waals surface area (Å²) in [5, 5.41) is 0. The number of methoxy groups -OCH3 is 1. The Morgan fingerprint density at radius 3 is 2.50 bits per heavy atom. The number of hydrogen-bond donors (Lipinski definition) is 0. The normalized spacial score (nSPS) is 13.8. The lowest BCUT2D eigenvalue weighted by atomic mass is 10.2. The van der Waals surface area contributed by atoms with E-state index >= 15 is 0 Å². The van der Waals surface area contributed by atoms with Crippen LogP contribution in [0.25, 0.3) is 0 Å². The number of hydrogen-bond acceptors (Lipinski definition) is 6. The van der Waals surface area contributed by atoms with Crippen molar-refractivity contribution in [2.75, 3.05) is 18.6 Å². The molecule has 154 valence electrons. The molecule has 1 fully saturated rings. The summed E-state index contributed by atoms with van der Waals surface area (Å²) in [7, 11) is 1.59. The first-order valence-corrected chi connectivity index (χ1v) is 11.7. The van der Waals surface area contributed by atoms with E-state index in [9.17, 15) is 4.79 Å². The van der Waals surface area contributed by atoms with E-state index in [4.69, 9.17) is 14.2 Å². The Balaban J connectivity index is 1.44. The number of carbonyl (C=O) groups excluding carboxylic acids is 1. The zero-order chi connectivity index (χ0) is 20.8. The maximum Gasteiger partial charge on any atom is 0.343 e. The molecular formula is C24H22O4S2. The summed E-state index contributed by atoms with van der Waals surface area (Å²) >= 11 is 3.84. The van der Waals surface area contributed by atoms with Crippen LogP contribution in [0.4, 0.5) is 0 Å². The Hall–Kier alpha value is -2.57. The van der Waals surface area contributed by atoms with Crippen molar-refractivity contribution in [3.05, 3.63) is 89.5 Å². The van der Waals surface area contributed by atoms with Crippen molar-refractivity contribution in [1.29, 1.82) is 0 Å². The lowest BCUT2D eigenvalue weighted by Gasteiger charge is -2.14. The van der Waals surface area contributed by atoms with E-state index in [1.165, 1.54) is 5.56 Å². The van der Waals surface area contributed by atoms with Gasteiger partial charge in [-0.25, -0.2) is 4.79 Å². The standard InChI is InChI=1S/C24H22O4S2/c1-26-22-15-19(24-29-12-13-30-24)10-11-21(22)28-23(25)18-8-5-9-20(14-18)27-16-17-6-3-2-4-7-17/h2-11,14-15,24H,12-13,16H2,1H3. The highest BCUT2D eigenvalue weighted by molar-refractivity contribution is 8.19. The Labute approximate surface area is 184 Å². The molecule has 1 aliphatic rings. The molecule has 0 amide bonds. The van der Waals surface area contributed by atoms with Crippen molar-refractivity contribution in [1.82, 2.24) is 0 Å². The molecule has 0 spiro atoms. The average molecular weight is 439 g/mol. The third kappa shape index (κ3) is 5.12. The van der Waals surface area contributed by atoms with Crippen LogP contribution >= 0.6 is 23.5 Å². The van der Waals surface area contributed by atoms with Crippen LogP contribution in [-0.2, 0) is 6.61 Å². The van der Waals surface area contributed by atoms with Gasteiger partial charge in [0.2, 0.25) is 0 Å². The van der Waals surface area contributed by atoms with E-state index in [0.29, 0.717) is 34.0 Å². The third-order valence-electron chi connectivity index (χ3n) is 4.60. The molecule has 0 N–H and O–H groups in total. The van der Waals surface area contributed by atoms with Crippen molar-refractivity contribution < 1.29 is 19.0 Å². The molecule has 0 unspecified atom stereocenters. The molecule has 4 nitrogen and oxygen atoms in total. The molecule has 4 rings (SSSR count). The monoisotopic (exact) mass is 438 g/mol. The van der Waals surface area contributed by atoms with Gasteiger partial charge in [-0.05, 0) is 41.5 Å². The van der Waals surface area contributed by atoms with Gasteiger partial charge in [0.25, 0.3) is 0 Å². The van der Waals surface area contributed by atoms with Crippen LogP contribution in [0.2, 0.25) is 0 Å². The molecule has 1 saturated heterocycles. The minimum Gasteiger partial charge on any atom is -0.493 e. The predicted octanol–water partition coefficient (Wildman–Crippen LogP) is 5.97. The van der Waals surface area contributed by atoms with Gasteiger partial charge in [-0.15, -0.1) is 23.5 Å². The van der Waals surface area contributed by atoms with Crippen molar-refractivity contribution >= 4 is 29.5 Å². The van der Waals surface area contributed by atoms with Crippen LogP contribution in [0.3, 0.4) is 0 Å². The van der Waals surface area contributed by atoms with Crippen LogP contribution in [0, 0.1) is 0 Å². The Bertz CT molecular complexity index is 1000. The fourth-order valence-corrected chi connectivity index (χ4v) is 5.92. The van der Waals surface area contributed by atoms with Gasteiger partial charge in [0.05, 0.1) is 17.3 Å². The fraction of sp³-hybridized carbons (Fsp3) is 0.208. The van der Waals surface area contributed by atoms with Gasteiger partial charge in [0.15, 0.2) is 11.5 Å². The van der Waals surface area contributed by atoms with Gasteiger partial charge in [0.1, 0.15) is 12.4 Å². The molecule has 0 radical (unpaired) electrons. The van der Waals surface area contributed by atoms with E-state index in [1.54, 1.807) is 31.4 Å². The second kappa shape index (κ2) is 9.96. The molecule has 0 aromatic heterocycles. The van der Waals surface area contributed by atoms with Gasteiger partial charge in [0, 0.05) is 11.5 Å². The van der Waals surface area contributed by atoms with Gasteiger partial charge in [-0.2, -0.15) is 0 Å². The van der Waals surface area contributed by atoms with Gasteiger partial charge >= 0.3 is 5.97 Å². The molecule has 0 aliphatic carbocycles. The highest BCUT2D eigenvalue weighted by Gasteiger charge is 2.21. The Morgan fingerprint density at radius 2 is 1.73 bits per heavy atom. The quantitative estimate of drug-likeness (QED) is 0.334. The summed E-state index contributed by atoms with van der Waals surface area (Å²) in [4.78, 5) is 12.7. The molecule has 30 heavy (non-hydrogen) atoms. The Kier molecular flexibility index (Phi) is 6.87. The number of benzene rings is 3. The minimum absolute atomic E-state index is 0.405. The van der Waals surface area contributed by atoms with E-state index in [2.05, 4.69) is 0 Å². The molecule has 1 heterocycles. The molecule has 0 bridgehead atoms. The van der Waals surface area contributed by atoms with Crippen LogP contribution in [0.15, 0.2) is 72.8 Å². The van der Waals surface area contributed by atoms with E-state index in [1.807, 2.05) is 72.1 Å². The summed E-state index contributed by atoms with van der Waals surface area (Å²) in [6.45, 7) is 0.436. The summed E-state index contributed by atoms with van der Waals surface area (Å²) < 4.78 is 17.3. The third-order valence-corrected chi connectivity index (χ3v) is 7.71. The van der Waals surface area contributed by atoms with Gasteiger partial charge in [-0.1, -0.05) is 42.5 Å². The SMILES string of the molecule is COc1cc(C2SCCS2)ccc1OC(=O)c1cccc(OCc2ccccc2)c1. The number of carbonyl (C=O) groups is 1. The lowest BCUT2D eigenvalue weighted by Crippen LogP contribution is -2.09. The molecule has 1 aliphatic heterocycles. The van der Waals surface area contributed by atoms with Crippen LogP contribution in [-0.4, -0.2) is 24.6 Å². The van der Waals surface area contributed by atoms with Gasteiger partial charge in [-0.3, -0.25) is 0 Å². The highest BCUT2D eigenvalue weighted by atomic mass is 32.2. The fourth-order valence-electron chi connectivity index (χ4n) is 3.08. The zero-order valence-corrected chi connectivity index (χ0v) is 18.2. The molecule has 0 saturated carbocycles. The molecular weight excluding hydrogens is 416 g/mol. The minimum atomic E-state index is -0.448. The topological polar surface area (TPSA) is 44.8 Å². The average Bonchev–Trinajstić information content (AvgIpc) is 3.34. The molecule has 6 heteroatoms. The largest absolute Gasteiger partial charge is 0.493 e. The second-order valence-corrected chi connectivity index (χ2v) is 9.40. The molecule has 3 aromatic rings. The van der Waals surface area contributed by atoms with E-state index in [-0.39, 0.29) is 0 Å². The predicted molar refractivity (Wildman–Crippen MR) is 123 cm³/mol. The maximum absolute atomic E-state index is 12.7. The summed E-state index contributed by atoms with van der Waals surface area (Å²) in [6, 6.07) is 22.7. The number of ether oxygens (including phenoxy) is 3. The molecule has 3 aromatic carbocycles. The van der Waals surface area contributed by atoms with Crippen LogP contribution in [0.5, 0.6) is 17.2 Å².